The smallest absolute Gasteiger partial charge is 0.493 e. The summed E-state index contributed by atoms with van der Waals surface area (Å²) in [5.74, 6) is 0.0665. The molecule has 0 saturated carbocycles. The second-order valence-electron chi connectivity index (χ2n) is 3.20. The topological polar surface area (TPSA) is 44.5 Å². The molecule has 0 fully saturated rings. The van der Waals surface area contributed by atoms with Crippen molar-refractivity contribution in [2.24, 2.45) is 5.73 Å². The monoisotopic (exact) mass is 343 g/mol. The van der Waals surface area contributed by atoms with Gasteiger partial charge in [0.15, 0.2) is 0 Å². The fraction of sp³-hybridized carbons (Fsp3) is 0.300. The zero-order valence-electron chi connectivity index (χ0n) is 8.96. The fourth-order valence-electron chi connectivity index (χ4n) is 1.05. The Morgan fingerprint density at radius 3 is 2.56 bits per heavy atom. The van der Waals surface area contributed by atoms with Crippen molar-refractivity contribution in [3.05, 3.63) is 22.7 Å². The van der Waals surface area contributed by atoms with Crippen molar-refractivity contribution in [2.75, 3.05) is 6.61 Å². The first-order valence-corrected chi connectivity index (χ1v) is 5.94. The van der Waals surface area contributed by atoms with Crippen LogP contribution in [0.5, 0.6) is 11.5 Å². The van der Waals surface area contributed by atoms with Gasteiger partial charge >= 0.3 is 6.36 Å². The highest BCUT2D eigenvalue weighted by Crippen LogP contribution is 2.33. The Kier molecular flexibility index (Phi) is 5.21. The first-order valence-electron chi connectivity index (χ1n) is 4.74. The molecule has 1 rings (SSSR count). The van der Waals surface area contributed by atoms with Gasteiger partial charge in [-0.15, -0.1) is 13.2 Å². The minimum absolute atomic E-state index is 0.146. The molecule has 100 valence electrons. The molecule has 0 aliphatic carbocycles. The Balaban J connectivity index is 2.64. The molecule has 0 aliphatic heterocycles. The molecule has 0 saturated heterocycles. The summed E-state index contributed by atoms with van der Waals surface area (Å²) < 4.78 is 45.2. The third-order valence-electron chi connectivity index (χ3n) is 1.75. The molecule has 0 bridgehead atoms. The standard InChI is InChI=1S/C10H9BrF3NO2S/c11-7-5-6(16-4-3-9(15)18)1-2-8(7)17-10(12,13)14/h1-2,5H,3-4H2,(H2,15,18). The number of hydrogen-bond donors (Lipinski definition) is 1. The maximum atomic E-state index is 12.0. The first kappa shape index (κ1) is 15.0. The third kappa shape index (κ3) is 5.54. The molecule has 8 heteroatoms. The molecule has 3 nitrogen and oxygen atoms in total. The highest BCUT2D eigenvalue weighted by Gasteiger charge is 2.31. The zero-order chi connectivity index (χ0) is 13.8. The van der Waals surface area contributed by atoms with Crippen molar-refractivity contribution < 1.29 is 22.6 Å². The highest BCUT2D eigenvalue weighted by molar-refractivity contribution is 9.10. The van der Waals surface area contributed by atoms with E-state index < -0.39 is 6.36 Å². The molecule has 0 aliphatic rings. The molecule has 0 amide bonds. The van der Waals surface area contributed by atoms with Crippen LogP contribution in [0, 0.1) is 0 Å². The molecule has 1 aromatic carbocycles. The van der Waals surface area contributed by atoms with Crippen LogP contribution in [-0.4, -0.2) is 18.0 Å². The molecule has 1 aromatic rings. The Morgan fingerprint density at radius 1 is 1.39 bits per heavy atom. The minimum atomic E-state index is -4.73. The molecule has 18 heavy (non-hydrogen) atoms. The zero-order valence-corrected chi connectivity index (χ0v) is 11.4. The summed E-state index contributed by atoms with van der Waals surface area (Å²) in [6, 6.07) is 3.90. The van der Waals surface area contributed by atoms with Crippen molar-refractivity contribution >= 4 is 33.1 Å². The summed E-state index contributed by atoms with van der Waals surface area (Å²) in [6.07, 6.45) is -4.33. The van der Waals surface area contributed by atoms with E-state index in [9.17, 15) is 13.2 Å². The van der Waals surface area contributed by atoms with E-state index in [1.165, 1.54) is 12.1 Å². The number of nitrogens with two attached hydrogens (primary N) is 1. The molecule has 0 unspecified atom stereocenters. The lowest BCUT2D eigenvalue weighted by molar-refractivity contribution is -0.274. The van der Waals surface area contributed by atoms with Gasteiger partial charge < -0.3 is 15.2 Å². The van der Waals surface area contributed by atoms with Crippen LogP contribution in [0.25, 0.3) is 0 Å². The summed E-state index contributed by atoms with van der Waals surface area (Å²) in [5, 5.41) is 0. The highest BCUT2D eigenvalue weighted by atomic mass is 79.9. The normalized spacial score (nSPS) is 11.1. The number of benzene rings is 1. The van der Waals surface area contributed by atoms with E-state index in [0.29, 0.717) is 17.2 Å². The van der Waals surface area contributed by atoms with Gasteiger partial charge in [-0.05, 0) is 34.1 Å². The van der Waals surface area contributed by atoms with Gasteiger partial charge in [-0.3, -0.25) is 0 Å². The van der Waals surface area contributed by atoms with Crippen LogP contribution in [0.3, 0.4) is 0 Å². The lowest BCUT2D eigenvalue weighted by Gasteiger charge is -2.12. The van der Waals surface area contributed by atoms with Gasteiger partial charge in [0.1, 0.15) is 11.5 Å². The second-order valence-corrected chi connectivity index (χ2v) is 4.58. The van der Waals surface area contributed by atoms with Gasteiger partial charge in [0.05, 0.1) is 16.1 Å². The van der Waals surface area contributed by atoms with Gasteiger partial charge in [0.2, 0.25) is 0 Å². The third-order valence-corrected chi connectivity index (χ3v) is 2.57. The number of ether oxygens (including phenoxy) is 2. The van der Waals surface area contributed by atoms with E-state index in [2.05, 4.69) is 32.9 Å². The van der Waals surface area contributed by atoms with Gasteiger partial charge in [-0.1, -0.05) is 12.2 Å². The lowest BCUT2D eigenvalue weighted by Crippen LogP contribution is -2.17. The molecule has 0 spiro atoms. The summed E-state index contributed by atoms with van der Waals surface area (Å²) in [4.78, 5) is 0.311. The van der Waals surface area contributed by atoms with Crippen molar-refractivity contribution in [3.63, 3.8) is 0 Å². The van der Waals surface area contributed by atoms with Gasteiger partial charge in [0, 0.05) is 6.42 Å². The van der Waals surface area contributed by atoms with Gasteiger partial charge in [-0.2, -0.15) is 0 Å². The number of halogens is 4. The van der Waals surface area contributed by atoms with Crippen molar-refractivity contribution in [1.29, 1.82) is 0 Å². The van der Waals surface area contributed by atoms with Gasteiger partial charge in [-0.25, -0.2) is 0 Å². The van der Waals surface area contributed by atoms with Crippen LogP contribution in [0.1, 0.15) is 6.42 Å². The Morgan fingerprint density at radius 2 is 2.06 bits per heavy atom. The second kappa shape index (κ2) is 6.24. The SMILES string of the molecule is NC(=S)CCOc1ccc(OC(F)(F)F)c(Br)c1. The Labute approximate surface area is 115 Å². The maximum absolute atomic E-state index is 12.0. The first-order chi connectivity index (χ1) is 8.28. The van der Waals surface area contributed by atoms with Crippen LogP contribution >= 0.6 is 28.1 Å². The van der Waals surface area contributed by atoms with Crippen molar-refractivity contribution in [1.82, 2.24) is 0 Å². The summed E-state index contributed by atoms with van der Waals surface area (Å²) in [6.45, 7) is 0.265. The van der Waals surface area contributed by atoms with E-state index in [0.717, 1.165) is 6.07 Å². The summed E-state index contributed by atoms with van der Waals surface area (Å²) in [5.41, 5.74) is 5.28. The number of rotatable bonds is 5. The van der Waals surface area contributed by atoms with E-state index in [-0.39, 0.29) is 16.8 Å². The summed E-state index contributed by atoms with van der Waals surface area (Å²) >= 11 is 7.63. The van der Waals surface area contributed by atoms with E-state index in [1.54, 1.807) is 0 Å². The van der Waals surface area contributed by atoms with Crippen LogP contribution in [0.15, 0.2) is 22.7 Å². The van der Waals surface area contributed by atoms with Crippen LogP contribution in [-0.2, 0) is 0 Å². The predicted molar refractivity (Wildman–Crippen MR) is 67.7 cm³/mol. The molecule has 0 aromatic heterocycles. The molecule has 0 radical (unpaired) electrons. The molecular weight excluding hydrogens is 335 g/mol. The lowest BCUT2D eigenvalue weighted by atomic mass is 10.3. The van der Waals surface area contributed by atoms with E-state index >= 15 is 0 Å². The number of hydrogen-bond acceptors (Lipinski definition) is 3. The Bertz CT molecular complexity index is 440. The fourth-order valence-corrected chi connectivity index (χ4v) is 1.57. The molecular formula is C10H9BrF3NO2S. The number of alkyl halides is 3. The quantitative estimate of drug-likeness (QED) is 0.832. The van der Waals surface area contributed by atoms with Crippen LogP contribution < -0.4 is 15.2 Å². The average molecular weight is 344 g/mol. The van der Waals surface area contributed by atoms with Crippen LogP contribution in [0.4, 0.5) is 13.2 Å². The number of thiocarbonyl (C=S) groups is 1. The summed E-state index contributed by atoms with van der Waals surface area (Å²) in [7, 11) is 0. The molecule has 0 atom stereocenters. The average Bonchev–Trinajstić information content (AvgIpc) is 2.19. The van der Waals surface area contributed by atoms with E-state index in [4.69, 9.17) is 10.5 Å². The largest absolute Gasteiger partial charge is 0.573 e. The molecule has 2 N–H and O–H groups in total. The minimum Gasteiger partial charge on any atom is -0.493 e. The van der Waals surface area contributed by atoms with Crippen molar-refractivity contribution in [2.45, 2.75) is 12.8 Å². The van der Waals surface area contributed by atoms with Crippen LogP contribution in [0.2, 0.25) is 0 Å². The maximum Gasteiger partial charge on any atom is 0.573 e. The van der Waals surface area contributed by atoms with E-state index in [1.807, 2.05) is 0 Å². The predicted octanol–water partition coefficient (Wildman–Crippen LogP) is 3.40. The van der Waals surface area contributed by atoms with Gasteiger partial charge in [0.25, 0.3) is 0 Å². The van der Waals surface area contributed by atoms with Crippen molar-refractivity contribution in [3.8, 4) is 11.5 Å². The molecule has 0 heterocycles. The Hall–Kier alpha value is -1.02.